The Morgan fingerprint density at radius 1 is 1.47 bits per heavy atom. The molecule has 0 unspecified atom stereocenters. The van der Waals surface area contributed by atoms with E-state index in [4.69, 9.17) is 5.11 Å². The fraction of sp³-hybridized carbons (Fsp3) is 0.467. The number of rotatable bonds is 4. The van der Waals surface area contributed by atoms with E-state index in [0.29, 0.717) is 0 Å². The first-order valence-corrected chi connectivity index (χ1v) is 6.28. The van der Waals surface area contributed by atoms with Crippen LogP contribution in [0.15, 0.2) is 18.3 Å². The van der Waals surface area contributed by atoms with E-state index in [9.17, 15) is 4.79 Å². The largest absolute Gasteiger partial charge is 0.478 e. The predicted octanol–water partition coefficient (Wildman–Crippen LogP) is 2.97. The summed E-state index contributed by atoms with van der Waals surface area (Å²) in [4.78, 5) is 17.0. The molecule has 0 saturated heterocycles. The van der Waals surface area contributed by atoms with Gasteiger partial charge in [0, 0.05) is 25.9 Å². The minimum Gasteiger partial charge on any atom is -0.478 e. The second-order valence-electron chi connectivity index (χ2n) is 6.00. The van der Waals surface area contributed by atoms with Crippen molar-refractivity contribution in [1.82, 2.24) is 4.98 Å². The third-order valence-corrected chi connectivity index (χ3v) is 2.56. The fourth-order valence-electron chi connectivity index (χ4n) is 2.03. The Labute approximate surface area is 114 Å². The van der Waals surface area contributed by atoms with Gasteiger partial charge in [0.1, 0.15) is 5.82 Å². The molecule has 0 aromatic carbocycles. The fourth-order valence-corrected chi connectivity index (χ4v) is 2.03. The lowest BCUT2D eigenvalue weighted by atomic mass is 9.96. The van der Waals surface area contributed by atoms with Gasteiger partial charge in [-0.15, -0.1) is 0 Å². The van der Waals surface area contributed by atoms with Gasteiger partial charge in [-0.05, 0) is 35.6 Å². The number of carboxylic acids is 1. The maximum atomic E-state index is 10.5. The topological polar surface area (TPSA) is 53.4 Å². The third kappa shape index (κ3) is 5.12. The zero-order valence-electron chi connectivity index (χ0n) is 12.3. The molecular weight excluding hydrogens is 240 g/mol. The molecule has 1 heterocycles. The predicted molar refractivity (Wildman–Crippen MR) is 78.4 cm³/mol. The smallest absolute Gasteiger partial charge is 0.328 e. The van der Waals surface area contributed by atoms with Crippen molar-refractivity contribution in [3.05, 3.63) is 29.5 Å². The summed E-state index contributed by atoms with van der Waals surface area (Å²) in [5, 5.41) is 8.60. The molecule has 0 saturated carbocycles. The van der Waals surface area contributed by atoms with Gasteiger partial charge in [0.15, 0.2) is 0 Å². The molecule has 0 atom stereocenters. The van der Waals surface area contributed by atoms with Crippen LogP contribution in [0.3, 0.4) is 0 Å². The lowest BCUT2D eigenvalue weighted by molar-refractivity contribution is -0.131. The Morgan fingerprint density at radius 2 is 2.11 bits per heavy atom. The van der Waals surface area contributed by atoms with Crippen molar-refractivity contribution >= 4 is 17.9 Å². The van der Waals surface area contributed by atoms with Gasteiger partial charge in [0.2, 0.25) is 0 Å². The Balaban J connectivity index is 2.91. The lowest BCUT2D eigenvalue weighted by Gasteiger charge is -2.28. The van der Waals surface area contributed by atoms with E-state index in [1.807, 2.05) is 20.0 Å². The summed E-state index contributed by atoms with van der Waals surface area (Å²) in [5.41, 5.74) is 2.04. The minimum atomic E-state index is -0.952. The van der Waals surface area contributed by atoms with Gasteiger partial charge in [-0.2, -0.15) is 0 Å². The first kappa shape index (κ1) is 15.2. The molecule has 19 heavy (non-hydrogen) atoms. The first-order valence-electron chi connectivity index (χ1n) is 6.28. The average molecular weight is 262 g/mol. The van der Waals surface area contributed by atoms with Gasteiger partial charge < -0.3 is 10.0 Å². The van der Waals surface area contributed by atoms with Crippen molar-refractivity contribution in [1.29, 1.82) is 0 Å². The molecule has 0 spiro atoms. The number of aliphatic carboxylic acids is 1. The molecule has 1 aromatic rings. The van der Waals surface area contributed by atoms with Crippen LogP contribution in [0.1, 0.15) is 31.9 Å². The number of aromatic nitrogens is 1. The quantitative estimate of drug-likeness (QED) is 0.848. The summed E-state index contributed by atoms with van der Waals surface area (Å²) < 4.78 is 0. The van der Waals surface area contributed by atoms with Crippen molar-refractivity contribution in [3.8, 4) is 0 Å². The van der Waals surface area contributed by atoms with E-state index in [-0.39, 0.29) is 5.41 Å². The van der Waals surface area contributed by atoms with Crippen LogP contribution in [0.2, 0.25) is 0 Å². The molecule has 0 fully saturated rings. The Hall–Kier alpha value is -1.84. The molecule has 104 valence electrons. The molecule has 0 aliphatic carbocycles. The molecule has 0 radical (unpaired) electrons. The molecule has 4 nitrogen and oxygen atoms in total. The monoisotopic (exact) mass is 262 g/mol. The SMILES string of the molecule is Cc1cc(/C=C/C(=O)O)cnc1N(C)CC(C)(C)C. The number of nitrogens with zero attached hydrogens (tertiary/aromatic N) is 2. The van der Waals surface area contributed by atoms with Crippen LogP contribution in [0.5, 0.6) is 0 Å². The van der Waals surface area contributed by atoms with Gasteiger partial charge in [-0.1, -0.05) is 20.8 Å². The summed E-state index contributed by atoms with van der Waals surface area (Å²) in [6, 6.07) is 1.95. The van der Waals surface area contributed by atoms with E-state index >= 15 is 0 Å². The Bertz CT molecular complexity index is 487. The van der Waals surface area contributed by atoms with Gasteiger partial charge in [0.25, 0.3) is 0 Å². The van der Waals surface area contributed by atoms with Gasteiger partial charge in [-0.25, -0.2) is 9.78 Å². The minimum absolute atomic E-state index is 0.199. The lowest BCUT2D eigenvalue weighted by Crippen LogP contribution is -2.30. The summed E-state index contributed by atoms with van der Waals surface area (Å²) >= 11 is 0. The van der Waals surface area contributed by atoms with E-state index < -0.39 is 5.97 Å². The maximum Gasteiger partial charge on any atom is 0.328 e. The van der Waals surface area contributed by atoms with Crippen molar-refractivity contribution in [2.24, 2.45) is 5.41 Å². The number of carbonyl (C=O) groups is 1. The molecule has 1 rings (SSSR count). The van der Waals surface area contributed by atoms with Gasteiger partial charge in [-0.3, -0.25) is 0 Å². The average Bonchev–Trinajstić information content (AvgIpc) is 2.23. The molecule has 4 heteroatoms. The van der Waals surface area contributed by atoms with Crippen LogP contribution >= 0.6 is 0 Å². The van der Waals surface area contributed by atoms with E-state index in [2.05, 4.69) is 30.7 Å². The van der Waals surface area contributed by atoms with E-state index in [1.54, 1.807) is 12.3 Å². The highest BCUT2D eigenvalue weighted by Gasteiger charge is 2.15. The standard InChI is InChI=1S/C15H22N2O2/c1-11-8-12(6-7-13(18)19)9-16-14(11)17(5)10-15(2,3)4/h6-9H,10H2,1-5H3,(H,18,19)/b7-6+. The number of aryl methyl sites for hydroxylation is 1. The van der Waals surface area contributed by atoms with Crippen LogP contribution in [0, 0.1) is 12.3 Å². The van der Waals surface area contributed by atoms with Crippen LogP contribution in [0.25, 0.3) is 6.08 Å². The van der Waals surface area contributed by atoms with Crippen molar-refractivity contribution in [2.45, 2.75) is 27.7 Å². The molecule has 0 bridgehead atoms. The second kappa shape index (κ2) is 5.87. The number of pyridine rings is 1. The summed E-state index contributed by atoms with van der Waals surface area (Å²) in [6.07, 6.45) is 4.37. The molecular formula is C15H22N2O2. The molecule has 0 amide bonds. The van der Waals surface area contributed by atoms with E-state index in [0.717, 1.165) is 29.6 Å². The molecule has 1 aromatic heterocycles. The maximum absolute atomic E-state index is 10.5. The number of carboxylic acid groups (broad SMARTS) is 1. The second-order valence-corrected chi connectivity index (χ2v) is 6.00. The zero-order valence-corrected chi connectivity index (χ0v) is 12.3. The first-order chi connectivity index (χ1) is 8.69. The highest BCUT2D eigenvalue weighted by Crippen LogP contribution is 2.22. The summed E-state index contributed by atoms with van der Waals surface area (Å²) in [6.45, 7) is 9.44. The Kier molecular flexibility index (Phi) is 4.70. The third-order valence-electron chi connectivity index (χ3n) is 2.56. The number of anilines is 1. The Morgan fingerprint density at radius 3 is 2.58 bits per heavy atom. The van der Waals surface area contributed by atoms with Crippen LogP contribution in [-0.2, 0) is 4.79 Å². The normalized spacial score (nSPS) is 11.8. The summed E-state index contributed by atoms with van der Waals surface area (Å²) in [5.74, 6) is -0.0195. The van der Waals surface area contributed by atoms with Crippen LogP contribution in [0.4, 0.5) is 5.82 Å². The van der Waals surface area contributed by atoms with Crippen LogP contribution < -0.4 is 4.90 Å². The molecule has 1 N–H and O–H groups in total. The number of hydrogen-bond acceptors (Lipinski definition) is 3. The van der Waals surface area contributed by atoms with Gasteiger partial charge in [0.05, 0.1) is 0 Å². The van der Waals surface area contributed by atoms with Crippen LogP contribution in [-0.4, -0.2) is 29.7 Å². The highest BCUT2D eigenvalue weighted by molar-refractivity contribution is 5.85. The molecule has 0 aliphatic rings. The number of hydrogen-bond donors (Lipinski definition) is 1. The van der Waals surface area contributed by atoms with Crippen molar-refractivity contribution in [2.75, 3.05) is 18.5 Å². The summed E-state index contributed by atoms with van der Waals surface area (Å²) in [7, 11) is 2.02. The van der Waals surface area contributed by atoms with Crippen molar-refractivity contribution < 1.29 is 9.90 Å². The highest BCUT2D eigenvalue weighted by atomic mass is 16.4. The van der Waals surface area contributed by atoms with Crippen molar-refractivity contribution in [3.63, 3.8) is 0 Å². The zero-order chi connectivity index (χ0) is 14.6. The van der Waals surface area contributed by atoms with E-state index in [1.165, 1.54) is 0 Å². The molecule has 0 aliphatic heterocycles. The van der Waals surface area contributed by atoms with Gasteiger partial charge >= 0.3 is 5.97 Å².